The summed E-state index contributed by atoms with van der Waals surface area (Å²) in [6.07, 6.45) is 0. The number of ether oxygens (including phenoxy) is 2. The molecule has 6 heteroatoms. The highest BCUT2D eigenvalue weighted by molar-refractivity contribution is 6.15. The molecule has 0 unspecified atom stereocenters. The zero-order valence-corrected chi connectivity index (χ0v) is 14.8. The Balaban J connectivity index is 2.48. The summed E-state index contributed by atoms with van der Waals surface area (Å²) in [6, 6.07) is 18.4. The van der Waals surface area contributed by atoms with Gasteiger partial charge >= 0.3 is 11.9 Å². The molecule has 0 amide bonds. The lowest BCUT2D eigenvalue weighted by atomic mass is 10.2. The first kappa shape index (κ1) is 19.1. The summed E-state index contributed by atoms with van der Waals surface area (Å²) in [7, 11) is 0. The summed E-state index contributed by atoms with van der Waals surface area (Å²) < 4.78 is 10.1. The van der Waals surface area contributed by atoms with E-state index < -0.39 is 11.9 Å². The maximum absolute atomic E-state index is 12.4. The standard InChI is InChI=1S/C20H22N2O4/c1-3-25-19(23)17(20(24)26-4-2)18(21-15-11-7-5-8-12-15)22-16-13-9-6-10-14-16/h5-14,21-22H,3-4H2,1-2H3. The molecule has 0 heterocycles. The summed E-state index contributed by atoms with van der Waals surface area (Å²) in [5, 5.41) is 6.15. The van der Waals surface area contributed by atoms with Crippen molar-refractivity contribution in [2.75, 3.05) is 23.8 Å². The number of hydrogen-bond acceptors (Lipinski definition) is 6. The maximum atomic E-state index is 12.4. The Kier molecular flexibility index (Phi) is 7.24. The van der Waals surface area contributed by atoms with E-state index in [1.165, 1.54) is 0 Å². The van der Waals surface area contributed by atoms with Crippen molar-refractivity contribution in [2.45, 2.75) is 13.8 Å². The Hall–Kier alpha value is -3.28. The van der Waals surface area contributed by atoms with E-state index in [1.54, 1.807) is 13.8 Å². The van der Waals surface area contributed by atoms with E-state index >= 15 is 0 Å². The summed E-state index contributed by atoms with van der Waals surface area (Å²) in [5.41, 5.74) is 1.19. The van der Waals surface area contributed by atoms with Gasteiger partial charge in [0.25, 0.3) is 0 Å². The lowest BCUT2D eigenvalue weighted by molar-refractivity contribution is -0.146. The third kappa shape index (κ3) is 5.37. The molecule has 26 heavy (non-hydrogen) atoms. The summed E-state index contributed by atoms with van der Waals surface area (Å²) >= 11 is 0. The molecule has 0 fully saturated rings. The number of carbonyl (C=O) groups excluding carboxylic acids is 2. The molecule has 2 aromatic carbocycles. The van der Waals surface area contributed by atoms with E-state index in [9.17, 15) is 9.59 Å². The van der Waals surface area contributed by atoms with Gasteiger partial charge in [-0.2, -0.15) is 0 Å². The van der Waals surface area contributed by atoms with Crippen LogP contribution in [0.1, 0.15) is 13.8 Å². The van der Waals surface area contributed by atoms with Crippen LogP contribution in [0.3, 0.4) is 0 Å². The van der Waals surface area contributed by atoms with E-state index in [-0.39, 0.29) is 24.6 Å². The fourth-order valence-corrected chi connectivity index (χ4v) is 2.18. The quantitative estimate of drug-likeness (QED) is 0.327. The second kappa shape index (κ2) is 9.88. The van der Waals surface area contributed by atoms with Crippen LogP contribution in [0.25, 0.3) is 0 Å². The highest BCUT2D eigenvalue weighted by atomic mass is 16.6. The minimum atomic E-state index is -0.757. The van der Waals surface area contributed by atoms with Gasteiger partial charge in [0.05, 0.1) is 13.2 Å². The van der Waals surface area contributed by atoms with E-state index in [0.29, 0.717) is 11.4 Å². The smallest absolute Gasteiger partial charge is 0.349 e. The number of anilines is 2. The molecule has 0 radical (unpaired) electrons. The molecule has 0 bridgehead atoms. The molecule has 0 atom stereocenters. The van der Waals surface area contributed by atoms with Crippen molar-refractivity contribution in [1.29, 1.82) is 0 Å². The lowest BCUT2D eigenvalue weighted by Gasteiger charge is -2.17. The highest BCUT2D eigenvalue weighted by Crippen LogP contribution is 2.18. The zero-order chi connectivity index (χ0) is 18.8. The monoisotopic (exact) mass is 354 g/mol. The van der Waals surface area contributed by atoms with Crippen LogP contribution < -0.4 is 10.6 Å². The molecule has 0 spiro atoms. The van der Waals surface area contributed by atoms with Crippen molar-refractivity contribution in [1.82, 2.24) is 0 Å². The van der Waals surface area contributed by atoms with Gasteiger partial charge in [-0.25, -0.2) is 9.59 Å². The van der Waals surface area contributed by atoms with E-state index in [2.05, 4.69) is 10.6 Å². The average Bonchev–Trinajstić information content (AvgIpc) is 2.64. The third-order valence-electron chi connectivity index (χ3n) is 3.30. The second-order valence-electron chi connectivity index (χ2n) is 5.17. The number of rotatable bonds is 8. The van der Waals surface area contributed by atoms with Crippen molar-refractivity contribution in [2.24, 2.45) is 0 Å². The minimum absolute atomic E-state index is 0.145. The molecule has 0 aliphatic heterocycles. The van der Waals surface area contributed by atoms with E-state index in [4.69, 9.17) is 9.47 Å². The van der Waals surface area contributed by atoms with Crippen LogP contribution in [0.5, 0.6) is 0 Å². The number of esters is 2. The van der Waals surface area contributed by atoms with Crippen molar-refractivity contribution >= 4 is 23.3 Å². The molecule has 136 valence electrons. The highest BCUT2D eigenvalue weighted by Gasteiger charge is 2.27. The predicted octanol–water partition coefficient (Wildman–Crippen LogP) is 3.55. The van der Waals surface area contributed by atoms with Crippen molar-refractivity contribution in [3.63, 3.8) is 0 Å². The fourth-order valence-electron chi connectivity index (χ4n) is 2.18. The van der Waals surface area contributed by atoms with Crippen LogP contribution in [0.15, 0.2) is 72.1 Å². The largest absolute Gasteiger partial charge is 0.462 e. The van der Waals surface area contributed by atoms with Gasteiger partial charge in [-0.05, 0) is 38.1 Å². The van der Waals surface area contributed by atoms with Crippen LogP contribution in [0.2, 0.25) is 0 Å². The van der Waals surface area contributed by atoms with Gasteiger partial charge in [0, 0.05) is 11.4 Å². The summed E-state index contributed by atoms with van der Waals surface area (Å²) in [6.45, 7) is 3.64. The Bertz CT molecular complexity index is 694. The predicted molar refractivity (Wildman–Crippen MR) is 100 cm³/mol. The minimum Gasteiger partial charge on any atom is -0.462 e. The normalized spacial score (nSPS) is 9.77. The first-order valence-corrected chi connectivity index (χ1v) is 8.38. The van der Waals surface area contributed by atoms with Crippen molar-refractivity contribution in [3.8, 4) is 0 Å². The molecular weight excluding hydrogens is 332 g/mol. The van der Waals surface area contributed by atoms with Crippen molar-refractivity contribution < 1.29 is 19.1 Å². The molecule has 0 aliphatic rings. The molecule has 0 aromatic heterocycles. The lowest BCUT2D eigenvalue weighted by Crippen LogP contribution is -2.26. The van der Waals surface area contributed by atoms with Gasteiger partial charge in [-0.15, -0.1) is 0 Å². The number of benzene rings is 2. The average molecular weight is 354 g/mol. The zero-order valence-electron chi connectivity index (χ0n) is 14.8. The van der Waals surface area contributed by atoms with Crippen LogP contribution in [-0.2, 0) is 19.1 Å². The molecule has 0 saturated heterocycles. The topological polar surface area (TPSA) is 76.7 Å². The molecule has 0 saturated carbocycles. The Morgan fingerprint density at radius 1 is 0.731 bits per heavy atom. The van der Waals surface area contributed by atoms with Crippen LogP contribution in [-0.4, -0.2) is 25.2 Å². The first-order valence-electron chi connectivity index (χ1n) is 8.38. The fraction of sp³-hybridized carbons (Fsp3) is 0.200. The maximum Gasteiger partial charge on any atom is 0.349 e. The molecule has 2 N–H and O–H groups in total. The Labute approximate surface area is 152 Å². The summed E-state index contributed by atoms with van der Waals surface area (Å²) in [4.78, 5) is 24.8. The summed E-state index contributed by atoms with van der Waals surface area (Å²) in [5.74, 6) is -1.32. The van der Waals surface area contributed by atoms with Gasteiger partial charge < -0.3 is 20.1 Å². The second-order valence-corrected chi connectivity index (χ2v) is 5.17. The van der Waals surface area contributed by atoms with Gasteiger partial charge in [0.1, 0.15) is 5.82 Å². The number of carbonyl (C=O) groups is 2. The molecule has 2 aromatic rings. The Morgan fingerprint density at radius 2 is 1.12 bits per heavy atom. The number of hydrogen-bond donors (Lipinski definition) is 2. The molecule has 6 nitrogen and oxygen atoms in total. The molecule has 0 aliphatic carbocycles. The van der Waals surface area contributed by atoms with Gasteiger partial charge in [0.15, 0.2) is 5.57 Å². The van der Waals surface area contributed by atoms with Gasteiger partial charge in [-0.3, -0.25) is 0 Å². The van der Waals surface area contributed by atoms with Gasteiger partial charge in [-0.1, -0.05) is 36.4 Å². The first-order chi connectivity index (χ1) is 12.7. The van der Waals surface area contributed by atoms with E-state index in [0.717, 1.165) is 0 Å². The molecule has 2 rings (SSSR count). The molecular formula is C20H22N2O4. The van der Waals surface area contributed by atoms with Gasteiger partial charge in [0.2, 0.25) is 0 Å². The van der Waals surface area contributed by atoms with Crippen molar-refractivity contribution in [3.05, 3.63) is 72.1 Å². The van der Waals surface area contributed by atoms with E-state index in [1.807, 2.05) is 60.7 Å². The number of nitrogens with one attached hydrogen (secondary N) is 2. The van der Waals surface area contributed by atoms with Crippen LogP contribution >= 0.6 is 0 Å². The Morgan fingerprint density at radius 3 is 1.46 bits per heavy atom. The third-order valence-corrected chi connectivity index (χ3v) is 3.30. The van der Waals surface area contributed by atoms with Crippen LogP contribution in [0, 0.1) is 0 Å². The van der Waals surface area contributed by atoms with Crippen LogP contribution in [0.4, 0.5) is 11.4 Å². The number of para-hydroxylation sites is 2. The SMILES string of the molecule is CCOC(=O)C(C(=O)OCC)=C(Nc1ccccc1)Nc1ccccc1.